The van der Waals surface area contributed by atoms with Gasteiger partial charge in [0.25, 0.3) is 11.8 Å². The Bertz CT molecular complexity index is 521. The van der Waals surface area contributed by atoms with Gasteiger partial charge in [-0.05, 0) is 23.9 Å². The molecule has 0 spiro atoms. The number of rotatable bonds is 2. The number of anilines is 1. The van der Waals surface area contributed by atoms with Crippen LogP contribution in [0.3, 0.4) is 0 Å². The molecule has 0 bridgehead atoms. The predicted molar refractivity (Wildman–Crippen MR) is 60.0 cm³/mol. The fourth-order valence-corrected chi connectivity index (χ4v) is 2.15. The van der Waals surface area contributed by atoms with Gasteiger partial charge in [0.15, 0.2) is 0 Å². The lowest BCUT2D eigenvalue weighted by atomic mass is 10.3. The third-order valence-electron chi connectivity index (χ3n) is 2.14. The van der Waals surface area contributed by atoms with Gasteiger partial charge in [0, 0.05) is 17.0 Å². The number of imide groups is 1. The molecule has 0 fully saturated rings. The van der Waals surface area contributed by atoms with Crippen LogP contribution in [0.25, 0.3) is 0 Å². The minimum atomic E-state index is -4.48. The van der Waals surface area contributed by atoms with Crippen molar-refractivity contribution in [3.63, 3.8) is 0 Å². The van der Waals surface area contributed by atoms with Crippen molar-refractivity contribution < 1.29 is 22.8 Å². The van der Waals surface area contributed by atoms with Crippen LogP contribution in [0, 0.1) is 0 Å². The number of amides is 2. The van der Waals surface area contributed by atoms with Crippen molar-refractivity contribution in [2.45, 2.75) is 10.4 Å². The number of para-hydroxylation sites is 1. The fourth-order valence-electron chi connectivity index (χ4n) is 1.49. The maximum Gasteiger partial charge on any atom is 0.446 e. The Hall–Kier alpha value is -1.76. The third-order valence-corrected chi connectivity index (χ3v) is 2.94. The van der Waals surface area contributed by atoms with E-state index in [1.165, 1.54) is 24.3 Å². The summed E-state index contributed by atoms with van der Waals surface area (Å²) in [6.07, 6.45) is 2.05. The molecule has 2 amide bonds. The first-order valence-corrected chi connectivity index (χ1v) is 5.61. The van der Waals surface area contributed by atoms with E-state index in [0.717, 1.165) is 12.2 Å². The number of alkyl halides is 3. The Morgan fingerprint density at radius 3 is 2.11 bits per heavy atom. The largest absolute Gasteiger partial charge is 0.446 e. The molecule has 18 heavy (non-hydrogen) atoms. The van der Waals surface area contributed by atoms with Crippen LogP contribution in [-0.2, 0) is 9.59 Å². The molecule has 1 heterocycles. The van der Waals surface area contributed by atoms with Gasteiger partial charge in [-0.15, -0.1) is 0 Å². The number of carbonyl (C=O) groups is 2. The average molecular weight is 273 g/mol. The molecule has 1 aliphatic heterocycles. The lowest BCUT2D eigenvalue weighted by Crippen LogP contribution is -2.30. The van der Waals surface area contributed by atoms with Crippen LogP contribution >= 0.6 is 11.8 Å². The van der Waals surface area contributed by atoms with Crippen LogP contribution in [0.15, 0.2) is 41.3 Å². The lowest BCUT2D eigenvalue weighted by molar-refractivity contribution is -0.120. The maximum absolute atomic E-state index is 12.4. The fraction of sp³-hybridized carbons (Fsp3) is 0.0909. The molecule has 0 saturated heterocycles. The van der Waals surface area contributed by atoms with Crippen molar-refractivity contribution in [2.24, 2.45) is 0 Å². The molecular formula is C11H6F3NO2S. The number of hydrogen-bond acceptors (Lipinski definition) is 3. The zero-order valence-electron chi connectivity index (χ0n) is 8.77. The highest BCUT2D eigenvalue weighted by Gasteiger charge is 2.33. The minimum Gasteiger partial charge on any atom is -0.269 e. The summed E-state index contributed by atoms with van der Waals surface area (Å²) in [4.78, 5) is 23.4. The van der Waals surface area contributed by atoms with Crippen molar-refractivity contribution in [1.82, 2.24) is 0 Å². The van der Waals surface area contributed by atoms with E-state index in [4.69, 9.17) is 0 Å². The Morgan fingerprint density at radius 2 is 1.56 bits per heavy atom. The molecule has 1 aromatic rings. The second kappa shape index (κ2) is 4.49. The van der Waals surface area contributed by atoms with Gasteiger partial charge in [-0.1, -0.05) is 12.1 Å². The quantitative estimate of drug-likeness (QED) is 0.614. The second-order valence-corrected chi connectivity index (χ2v) is 4.47. The van der Waals surface area contributed by atoms with E-state index in [1.54, 1.807) is 0 Å². The third kappa shape index (κ3) is 2.56. The van der Waals surface area contributed by atoms with Gasteiger partial charge in [-0.25, -0.2) is 4.90 Å². The van der Waals surface area contributed by atoms with E-state index in [0.29, 0.717) is 4.90 Å². The van der Waals surface area contributed by atoms with Gasteiger partial charge in [0.1, 0.15) is 0 Å². The normalized spacial score (nSPS) is 15.6. The smallest absolute Gasteiger partial charge is 0.269 e. The molecule has 0 atom stereocenters. The molecule has 0 radical (unpaired) electrons. The van der Waals surface area contributed by atoms with E-state index in [9.17, 15) is 22.8 Å². The molecule has 0 saturated carbocycles. The molecule has 1 aliphatic rings. The number of nitrogens with zero attached hydrogens (tertiary/aromatic N) is 1. The van der Waals surface area contributed by atoms with E-state index in [-0.39, 0.29) is 22.3 Å². The first-order chi connectivity index (χ1) is 8.38. The molecule has 0 unspecified atom stereocenters. The number of carbonyl (C=O) groups excluding carboxylic acids is 2. The van der Waals surface area contributed by atoms with Crippen molar-refractivity contribution in [3.05, 3.63) is 36.4 Å². The maximum atomic E-state index is 12.4. The highest BCUT2D eigenvalue weighted by Crippen LogP contribution is 2.41. The summed E-state index contributed by atoms with van der Waals surface area (Å²) in [5.74, 6) is -1.29. The van der Waals surface area contributed by atoms with Gasteiger partial charge < -0.3 is 0 Å². The van der Waals surface area contributed by atoms with Gasteiger partial charge in [0.2, 0.25) is 0 Å². The van der Waals surface area contributed by atoms with Crippen LogP contribution in [0.4, 0.5) is 18.9 Å². The first kappa shape index (κ1) is 12.7. The molecule has 7 heteroatoms. The zero-order chi connectivity index (χ0) is 13.3. The highest BCUT2D eigenvalue weighted by atomic mass is 32.2. The average Bonchev–Trinajstić information content (AvgIpc) is 2.58. The summed E-state index contributed by atoms with van der Waals surface area (Å²) < 4.78 is 37.1. The molecule has 0 aromatic heterocycles. The zero-order valence-corrected chi connectivity index (χ0v) is 9.59. The summed E-state index contributed by atoms with van der Waals surface area (Å²) in [7, 11) is 0. The number of halogens is 3. The van der Waals surface area contributed by atoms with E-state index >= 15 is 0 Å². The minimum absolute atomic E-state index is 0.0557. The van der Waals surface area contributed by atoms with E-state index in [1.807, 2.05) is 0 Å². The summed E-state index contributed by atoms with van der Waals surface area (Å²) in [5.41, 5.74) is -4.53. The second-order valence-electron chi connectivity index (χ2n) is 3.36. The van der Waals surface area contributed by atoms with Crippen LogP contribution in [0.5, 0.6) is 0 Å². The molecule has 0 aliphatic carbocycles. The SMILES string of the molecule is O=C1C=CC(=O)N1c1ccccc1SC(F)(F)F. The lowest BCUT2D eigenvalue weighted by Gasteiger charge is -2.18. The van der Waals surface area contributed by atoms with Crippen molar-refractivity contribution in [3.8, 4) is 0 Å². The molecule has 0 N–H and O–H groups in total. The number of thioether (sulfide) groups is 1. The Kier molecular flexibility index (Phi) is 3.16. The van der Waals surface area contributed by atoms with Crippen LogP contribution in [-0.4, -0.2) is 17.3 Å². The Balaban J connectivity index is 2.39. The standard InChI is InChI=1S/C11H6F3NO2S/c12-11(13,14)18-8-4-2-1-3-7(8)15-9(16)5-6-10(15)17/h1-6H. The number of benzene rings is 1. The van der Waals surface area contributed by atoms with E-state index < -0.39 is 17.3 Å². The summed E-state index contributed by atoms with van der Waals surface area (Å²) in [5, 5.41) is 0. The Morgan fingerprint density at radius 1 is 1.00 bits per heavy atom. The molecule has 3 nitrogen and oxygen atoms in total. The van der Waals surface area contributed by atoms with Gasteiger partial charge in [0.05, 0.1) is 5.69 Å². The summed E-state index contributed by atoms with van der Waals surface area (Å²) in [6, 6.07) is 5.40. The summed E-state index contributed by atoms with van der Waals surface area (Å²) in [6.45, 7) is 0. The van der Waals surface area contributed by atoms with Crippen molar-refractivity contribution in [1.29, 1.82) is 0 Å². The van der Waals surface area contributed by atoms with E-state index in [2.05, 4.69) is 0 Å². The molecule has 1 aromatic carbocycles. The molecule has 94 valence electrons. The topological polar surface area (TPSA) is 37.4 Å². The van der Waals surface area contributed by atoms with Crippen LogP contribution < -0.4 is 4.90 Å². The van der Waals surface area contributed by atoms with Gasteiger partial charge in [-0.2, -0.15) is 13.2 Å². The highest BCUT2D eigenvalue weighted by molar-refractivity contribution is 8.00. The van der Waals surface area contributed by atoms with Gasteiger partial charge in [-0.3, -0.25) is 9.59 Å². The predicted octanol–water partition coefficient (Wildman–Crippen LogP) is 2.73. The van der Waals surface area contributed by atoms with Crippen LogP contribution in [0.2, 0.25) is 0 Å². The molecule has 2 rings (SSSR count). The Labute approximate surface area is 104 Å². The van der Waals surface area contributed by atoms with Crippen molar-refractivity contribution in [2.75, 3.05) is 4.90 Å². The van der Waals surface area contributed by atoms with Gasteiger partial charge >= 0.3 is 5.51 Å². The number of hydrogen-bond donors (Lipinski definition) is 0. The first-order valence-electron chi connectivity index (χ1n) is 4.79. The van der Waals surface area contributed by atoms with Crippen LogP contribution in [0.1, 0.15) is 0 Å². The van der Waals surface area contributed by atoms with Crippen molar-refractivity contribution >= 4 is 29.3 Å². The monoisotopic (exact) mass is 273 g/mol. The molecular weight excluding hydrogens is 267 g/mol. The summed E-state index contributed by atoms with van der Waals surface area (Å²) >= 11 is -0.356.